The van der Waals surface area contributed by atoms with Crippen molar-refractivity contribution in [2.45, 2.75) is 63.8 Å². The van der Waals surface area contributed by atoms with E-state index in [9.17, 15) is 5.11 Å². The first-order valence-electron chi connectivity index (χ1n) is 7.42. The van der Waals surface area contributed by atoms with E-state index in [4.69, 9.17) is 4.74 Å². The second-order valence-electron chi connectivity index (χ2n) is 6.00. The van der Waals surface area contributed by atoms with Crippen LogP contribution in [0, 0.1) is 0 Å². The van der Waals surface area contributed by atoms with Gasteiger partial charge in [0.1, 0.15) is 0 Å². The lowest BCUT2D eigenvalue weighted by molar-refractivity contribution is 0.00427. The van der Waals surface area contributed by atoms with Crippen LogP contribution in [0.4, 0.5) is 0 Å². The van der Waals surface area contributed by atoms with Crippen LogP contribution in [0.15, 0.2) is 0 Å². The molecule has 0 spiro atoms. The summed E-state index contributed by atoms with van der Waals surface area (Å²) in [6.07, 6.45) is 5.00. The third kappa shape index (κ3) is 4.19. The number of nitrogens with one attached hydrogen (secondary N) is 1. The molecule has 4 heteroatoms. The summed E-state index contributed by atoms with van der Waals surface area (Å²) in [7, 11) is 0. The number of aliphatic hydroxyl groups excluding tert-OH is 1. The topological polar surface area (TPSA) is 44.7 Å². The lowest BCUT2D eigenvalue weighted by Gasteiger charge is -2.35. The summed E-state index contributed by atoms with van der Waals surface area (Å²) in [5.41, 5.74) is 0. The predicted octanol–water partition coefficient (Wildman–Crippen LogP) is 0.989. The average molecular weight is 256 g/mol. The van der Waals surface area contributed by atoms with Gasteiger partial charge in [-0.3, -0.25) is 0 Å². The standard InChI is InChI=1S/C14H28N2O2/c1-11(2)18-10-14(17)9-15-12-5-7-16-6-3-4-13(16)8-12/h11-15,17H,3-10H2,1-2H3. The Morgan fingerprint density at radius 1 is 1.33 bits per heavy atom. The summed E-state index contributed by atoms with van der Waals surface area (Å²) >= 11 is 0. The van der Waals surface area contributed by atoms with Crippen molar-refractivity contribution in [2.24, 2.45) is 0 Å². The molecule has 2 fully saturated rings. The van der Waals surface area contributed by atoms with Crippen LogP contribution in [-0.4, -0.2) is 60.5 Å². The van der Waals surface area contributed by atoms with Gasteiger partial charge in [0.15, 0.2) is 0 Å². The molecule has 2 aliphatic rings. The number of fused-ring (bicyclic) bond motifs is 1. The first-order valence-corrected chi connectivity index (χ1v) is 7.42. The lowest BCUT2D eigenvalue weighted by atomic mass is 9.97. The summed E-state index contributed by atoms with van der Waals surface area (Å²) in [6.45, 7) is 7.60. The molecule has 0 aliphatic carbocycles. The lowest BCUT2D eigenvalue weighted by Crippen LogP contribution is -2.47. The Kier molecular flexibility index (Phi) is 5.42. The number of nitrogens with zero attached hydrogens (tertiary/aromatic N) is 1. The van der Waals surface area contributed by atoms with E-state index in [1.165, 1.54) is 38.8 Å². The van der Waals surface area contributed by atoms with Gasteiger partial charge in [-0.05, 0) is 52.6 Å². The first-order chi connectivity index (χ1) is 8.65. The van der Waals surface area contributed by atoms with Crippen LogP contribution in [0.25, 0.3) is 0 Å². The molecular weight excluding hydrogens is 228 g/mol. The highest BCUT2D eigenvalue weighted by Gasteiger charge is 2.31. The number of hydrogen-bond donors (Lipinski definition) is 2. The fraction of sp³-hybridized carbons (Fsp3) is 1.00. The molecule has 2 N–H and O–H groups in total. The zero-order valence-electron chi connectivity index (χ0n) is 11.8. The van der Waals surface area contributed by atoms with Gasteiger partial charge >= 0.3 is 0 Å². The smallest absolute Gasteiger partial charge is 0.0897 e. The quantitative estimate of drug-likeness (QED) is 0.744. The third-order valence-corrected chi connectivity index (χ3v) is 4.08. The van der Waals surface area contributed by atoms with E-state index in [1.807, 2.05) is 13.8 Å². The van der Waals surface area contributed by atoms with Crippen molar-refractivity contribution in [3.05, 3.63) is 0 Å². The number of ether oxygens (including phenoxy) is 1. The fourth-order valence-corrected chi connectivity index (χ4v) is 3.07. The highest BCUT2D eigenvalue weighted by Crippen LogP contribution is 2.26. The summed E-state index contributed by atoms with van der Waals surface area (Å²) in [4.78, 5) is 2.62. The van der Waals surface area contributed by atoms with E-state index in [1.54, 1.807) is 0 Å². The second kappa shape index (κ2) is 6.85. The molecule has 0 aromatic heterocycles. The maximum Gasteiger partial charge on any atom is 0.0897 e. The maximum absolute atomic E-state index is 9.82. The van der Waals surface area contributed by atoms with Crippen molar-refractivity contribution in [1.82, 2.24) is 10.2 Å². The monoisotopic (exact) mass is 256 g/mol. The van der Waals surface area contributed by atoms with E-state index in [-0.39, 0.29) is 12.2 Å². The molecule has 2 saturated heterocycles. The molecule has 2 aliphatic heterocycles. The third-order valence-electron chi connectivity index (χ3n) is 4.08. The fourth-order valence-electron chi connectivity index (χ4n) is 3.07. The van der Waals surface area contributed by atoms with Crippen molar-refractivity contribution >= 4 is 0 Å². The number of hydrogen-bond acceptors (Lipinski definition) is 4. The maximum atomic E-state index is 9.82. The van der Waals surface area contributed by atoms with Gasteiger partial charge in [-0.1, -0.05) is 0 Å². The van der Waals surface area contributed by atoms with E-state index in [0.29, 0.717) is 19.2 Å². The molecule has 0 amide bonds. The molecule has 2 rings (SSSR count). The minimum atomic E-state index is -0.381. The van der Waals surface area contributed by atoms with E-state index < -0.39 is 0 Å². The Morgan fingerprint density at radius 3 is 2.94 bits per heavy atom. The Hall–Kier alpha value is -0.160. The predicted molar refractivity (Wildman–Crippen MR) is 72.7 cm³/mol. The molecule has 18 heavy (non-hydrogen) atoms. The van der Waals surface area contributed by atoms with Gasteiger partial charge in [0.2, 0.25) is 0 Å². The molecule has 2 heterocycles. The van der Waals surface area contributed by atoms with Crippen LogP contribution in [0.2, 0.25) is 0 Å². The number of rotatable bonds is 6. The van der Waals surface area contributed by atoms with E-state index >= 15 is 0 Å². The van der Waals surface area contributed by atoms with Gasteiger partial charge in [0.25, 0.3) is 0 Å². The molecule has 0 aromatic carbocycles. The van der Waals surface area contributed by atoms with Crippen LogP contribution in [-0.2, 0) is 4.74 Å². The molecule has 4 nitrogen and oxygen atoms in total. The SMILES string of the molecule is CC(C)OCC(O)CNC1CCN2CCCC2C1. The zero-order valence-corrected chi connectivity index (χ0v) is 11.8. The van der Waals surface area contributed by atoms with Crippen molar-refractivity contribution in [3.63, 3.8) is 0 Å². The molecular formula is C14H28N2O2. The van der Waals surface area contributed by atoms with Crippen LogP contribution in [0.1, 0.15) is 39.5 Å². The summed E-state index contributed by atoms with van der Waals surface area (Å²) in [5, 5.41) is 13.3. The van der Waals surface area contributed by atoms with Gasteiger partial charge in [0.05, 0.1) is 18.8 Å². The highest BCUT2D eigenvalue weighted by molar-refractivity contribution is 4.89. The molecule has 3 atom stereocenters. The largest absolute Gasteiger partial charge is 0.389 e. The van der Waals surface area contributed by atoms with E-state index in [2.05, 4.69) is 10.2 Å². The summed E-state index contributed by atoms with van der Waals surface area (Å²) in [6, 6.07) is 1.37. The number of aliphatic hydroxyl groups is 1. The average Bonchev–Trinajstić information content (AvgIpc) is 2.81. The summed E-state index contributed by atoms with van der Waals surface area (Å²) in [5.74, 6) is 0. The van der Waals surface area contributed by atoms with Crippen molar-refractivity contribution in [3.8, 4) is 0 Å². The molecule has 0 aromatic rings. The van der Waals surface area contributed by atoms with Gasteiger partial charge < -0.3 is 20.1 Å². The van der Waals surface area contributed by atoms with Crippen LogP contribution in [0.5, 0.6) is 0 Å². The normalized spacial score (nSPS) is 30.7. The molecule has 0 radical (unpaired) electrons. The Morgan fingerprint density at radius 2 is 2.17 bits per heavy atom. The highest BCUT2D eigenvalue weighted by atomic mass is 16.5. The van der Waals surface area contributed by atoms with Gasteiger partial charge in [0, 0.05) is 18.6 Å². The minimum Gasteiger partial charge on any atom is -0.389 e. The molecule has 0 bridgehead atoms. The molecule has 3 unspecified atom stereocenters. The second-order valence-corrected chi connectivity index (χ2v) is 6.00. The van der Waals surface area contributed by atoms with Crippen molar-refractivity contribution in [1.29, 1.82) is 0 Å². The van der Waals surface area contributed by atoms with Crippen LogP contribution in [0.3, 0.4) is 0 Å². The van der Waals surface area contributed by atoms with Gasteiger partial charge in [-0.25, -0.2) is 0 Å². The van der Waals surface area contributed by atoms with Crippen LogP contribution < -0.4 is 5.32 Å². The molecule has 106 valence electrons. The number of piperidine rings is 1. The Labute approximate surface area is 111 Å². The minimum absolute atomic E-state index is 0.196. The zero-order chi connectivity index (χ0) is 13.0. The van der Waals surface area contributed by atoms with E-state index in [0.717, 1.165) is 6.04 Å². The van der Waals surface area contributed by atoms with Crippen LogP contribution >= 0.6 is 0 Å². The first kappa shape index (κ1) is 14.3. The Bertz CT molecular complexity index is 248. The van der Waals surface area contributed by atoms with Gasteiger partial charge in [-0.15, -0.1) is 0 Å². The van der Waals surface area contributed by atoms with Gasteiger partial charge in [-0.2, -0.15) is 0 Å². The molecule has 0 saturated carbocycles. The van der Waals surface area contributed by atoms with Crippen molar-refractivity contribution < 1.29 is 9.84 Å². The summed E-state index contributed by atoms with van der Waals surface area (Å²) < 4.78 is 5.41. The van der Waals surface area contributed by atoms with Crippen molar-refractivity contribution in [2.75, 3.05) is 26.2 Å². The Balaban J connectivity index is 1.61.